The van der Waals surface area contributed by atoms with E-state index in [2.05, 4.69) is 28.4 Å². The SMILES string of the molecule is CS(C)(C)NCCN1CCCC1. The van der Waals surface area contributed by atoms with Crippen molar-refractivity contribution >= 4 is 10.2 Å². The molecule has 3 heteroatoms. The second kappa shape index (κ2) is 4.49. The summed E-state index contributed by atoms with van der Waals surface area (Å²) < 4.78 is 3.59. The van der Waals surface area contributed by atoms with Gasteiger partial charge in [0.15, 0.2) is 0 Å². The molecular weight excluding hydrogens is 168 g/mol. The first-order chi connectivity index (χ1) is 5.58. The van der Waals surface area contributed by atoms with Gasteiger partial charge in [0.1, 0.15) is 0 Å². The Hall–Kier alpha value is 0.270. The Balaban J connectivity index is 2.02. The monoisotopic (exact) mass is 190 g/mol. The third kappa shape index (κ3) is 4.33. The van der Waals surface area contributed by atoms with Gasteiger partial charge in [0.05, 0.1) is 0 Å². The molecule has 0 unspecified atom stereocenters. The number of likely N-dealkylation sites (tertiary alicyclic amines) is 1. The molecule has 0 radical (unpaired) electrons. The molecule has 0 spiro atoms. The standard InChI is InChI=1S/C9H22N2S/c1-12(2,3)10-6-9-11-7-4-5-8-11/h10H,4-9H2,1-3H3. The molecule has 0 aromatic rings. The average molecular weight is 190 g/mol. The topological polar surface area (TPSA) is 15.3 Å². The van der Waals surface area contributed by atoms with Gasteiger partial charge in [0.25, 0.3) is 0 Å². The molecule has 1 aliphatic rings. The van der Waals surface area contributed by atoms with Crippen molar-refractivity contribution in [1.82, 2.24) is 9.62 Å². The highest BCUT2D eigenvalue weighted by atomic mass is 32.3. The van der Waals surface area contributed by atoms with Gasteiger partial charge in [-0.15, -0.1) is 0 Å². The van der Waals surface area contributed by atoms with E-state index in [1.807, 2.05) is 0 Å². The van der Waals surface area contributed by atoms with E-state index in [4.69, 9.17) is 0 Å². The second-order valence-electron chi connectivity index (χ2n) is 4.28. The molecule has 0 aromatic heterocycles. The lowest BCUT2D eigenvalue weighted by atomic mass is 10.4. The fourth-order valence-corrected chi connectivity index (χ4v) is 2.22. The van der Waals surface area contributed by atoms with Gasteiger partial charge in [-0.25, -0.2) is 0 Å². The van der Waals surface area contributed by atoms with Crippen molar-refractivity contribution in [2.75, 3.05) is 44.9 Å². The Morgan fingerprint density at radius 2 is 1.75 bits per heavy atom. The van der Waals surface area contributed by atoms with E-state index in [1.165, 1.54) is 39.0 Å². The third-order valence-corrected chi connectivity index (χ3v) is 3.23. The van der Waals surface area contributed by atoms with Crippen LogP contribution >= 0.6 is 10.2 Å². The van der Waals surface area contributed by atoms with Gasteiger partial charge in [-0.3, -0.25) is 4.72 Å². The summed E-state index contributed by atoms with van der Waals surface area (Å²) >= 11 is 0. The fourth-order valence-electron chi connectivity index (χ4n) is 1.52. The molecule has 0 aromatic carbocycles. The zero-order valence-corrected chi connectivity index (χ0v) is 9.41. The van der Waals surface area contributed by atoms with Crippen molar-refractivity contribution in [3.05, 3.63) is 0 Å². The molecular formula is C9H22N2S. The summed E-state index contributed by atoms with van der Waals surface area (Å²) in [4.78, 5) is 2.55. The van der Waals surface area contributed by atoms with Gasteiger partial charge in [0.2, 0.25) is 0 Å². The van der Waals surface area contributed by atoms with E-state index < -0.39 is 10.2 Å². The van der Waals surface area contributed by atoms with Crippen LogP contribution in [-0.4, -0.2) is 49.8 Å². The van der Waals surface area contributed by atoms with E-state index in [9.17, 15) is 0 Å². The zero-order chi connectivity index (χ0) is 9.03. The molecule has 1 rings (SSSR count). The summed E-state index contributed by atoms with van der Waals surface area (Å²) in [5, 5.41) is 0. The van der Waals surface area contributed by atoms with Gasteiger partial charge >= 0.3 is 0 Å². The van der Waals surface area contributed by atoms with E-state index in [0.717, 1.165) is 0 Å². The van der Waals surface area contributed by atoms with Crippen LogP contribution in [0.2, 0.25) is 0 Å². The first-order valence-electron chi connectivity index (χ1n) is 4.73. The van der Waals surface area contributed by atoms with Crippen LogP contribution in [0.25, 0.3) is 0 Å². The van der Waals surface area contributed by atoms with Crippen LogP contribution in [0.3, 0.4) is 0 Å². The molecule has 1 saturated heterocycles. The quantitative estimate of drug-likeness (QED) is 0.718. The minimum absolute atomic E-state index is 0.492. The summed E-state index contributed by atoms with van der Waals surface area (Å²) in [6, 6.07) is 0. The first-order valence-corrected chi connectivity index (χ1v) is 7.59. The number of nitrogens with one attached hydrogen (secondary N) is 1. The molecule has 0 aliphatic carbocycles. The molecule has 0 saturated carbocycles. The number of rotatable bonds is 4. The van der Waals surface area contributed by atoms with Crippen LogP contribution in [0.15, 0.2) is 0 Å². The lowest BCUT2D eigenvalue weighted by Gasteiger charge is -2.28. The molecule has 74 valence electrons. The molecule has 1 N–H and O–H groups in total. The van der Waals surface area contributed by atoms with E-state index in [0.29, 0.717) is 0 Å². The second-order valence-corrected chi connectivity index (χ2v) is 8.24. The van der Waals surface area contributed by atoms with Gasteiger partial charge < -0.3 is 4.90 Å². The maximum absolute atomic E-state index is 3.59. The Morgan fingerprint density at radius 3 is 2.25 bits per heavy atom. The first kappa shape index (κ1) is 10.4. The maximum Gasteiger partial charge on any atom is 0.0171 e. The average Bonchev–Trinajstić information content (AvgIpc) is 2.36. The van der Waals surface area contributed by atoms with Crippen molar-refractivity contribution < 1.29 is 0 Å². The summed E-state index contributed by atoms with van der Waals surface area (Å²) in [6.45, 7) is 5.05. The summed E-state index contributed by atoms with van der Waals surface area (Å²) in [5.74, 6) is 0. The van der Waals surface area contributed by atoms with Crippen molar-refractivity contribution in [1.29, 1.82) is 0 Å². The Morgan fingerprint density at radius 1 is 1.17 bits per heavy atom. The van der Waals surface area contributed by atoms with Crippen LogP contribution < -0.4 is 4.72 Å². The summed E-state index contributed by atoms with van der Waals surface area (Å²) in [7, 11) is -0.492. The minimum atomic E-state index is -0.492. The highest BCUT2D eigenvalue weighted by molar-refractivity contribution is 8.30. The van der Waals surface area contributed by atoms with Crippen molar-refractivity contribution in [3.63, 3.8) is 0 Å². The maximum atomic E-state index is 3.59. The lowest BCUT2D eigenvalue weighted by molar-refractivity contribution is 0.345. The largest absolute Gasteiger partial charge is 0.302 e. The predicted molar refractivity (Wildman–Crippen MR) is 59.0 cm³/mol. The third-order valence-electron chi connectivity index (χ3n) is 2.16. The number of hydrogen-bond donors (Lipinski definition) is 1. The summed E-state index contributed by atoms with van der Waals surface area (Å²) in [6.07, 6.45) is 9.72. The van der Waals surface area contributed by atoms with Crippen LogP contribution in [-0.2, 0) is 0 Å². The molecule has 1 heterocycles. The van der Waals surface area contributed by atoms with Crippen molar-refractivity contribution in [2.24, 2.45) is 0 Å². The van der Waals surface area contributed by atoms with Crippen LogP contribution in [0.4, 0.5) is 0 Å². The minimum Gasteiger partial charge on any atom is -0.302 e. The summed E-state index contributed by atoms with van der Waals surface area (Å²) in [5.41, 5.74) is 0. The predicted octanol–water partition coefficient (Wildman–Crippen LogP) is 1.28. The zero-order valence-electron chi connectivity index (χ0n) is 8.60. The fraction of sp³-hybridized carbons (Fsp3) is 1.00. The van der Waals surface area contributed by atoms with Gasteiger partial charge in [-0.1, -0.05) is 0 Å². The Kier molecular flexibility index (Phi) is 3.87. The molecule has 12 heavy (non-hydrogen) atoms. The molecule has 1 fully saturated rings. The molecule has 2 nitrogen and oxygen atoms in total. The van der Waals surface area contributed by atoms with Gasteiger partial charge in [-0.2, -0.15) is 10.2 Å². The van der Waals surface area contributed by atoms with Crippen molar-refractivity contribution in [2.45, 2.75) is 12.8 Å². The van der Waals surface area contributed by atoms with E-state index in [-0.39, 0.29) is 0 Å². The molecule has 0 bridgehead atoms. The molecule has 1 aliphatic heterocycles. The van der Waals surface area contributed by atoms with Crippen LogP contribution in [0.1, 0.15) is 12.8 Å². The van der Waals surface area contributed by atoms with Gasteiger partial charge in [0, 0.05) is 13.1 Å². The van der Waals surface area contributed by atoms with E-state index in [1.54, 1.807) is 0 Å². The molecule has 0 amide bonds. The van der Waals surface area contributed by atoms with Crippen molar-refractivity contribution in [3.8, 4) is 0 Å². The Labute approximate surface area is 78.2 Å². The normalized spacial score (nSPS) is 21.6. The van der Waals surface area contributed by atoms with Crippen LogP contribution in [0, 0.1) is 0 Å². The van der Waals surface area contributed by atoms with E-state index >= 15 is 0 Å². The molecule has 0 atom stereocenters. The number of nitrogens with zero attached hydrogens (tertiary/aromatic N) is 1. The Bertz CT molecular complexity index is 125. The lowest BCUT2D eigenvalue weighted by Crippen LogP contribution is -2.30. The number of hydrogen-bond acceptors (Lipinski definition) is 2. The van der Waals surface area contributed by atoms with Gasteiger partial charge in [-0.05, 0) is 44.7 Å². The highest BCUT2D eigenvalue weighted by Gasteiger charge is 2.11. The van der Waals surface area contributed by atoms with Crippen LogP contribution in [0.5, 0.6) is 0 Å². The highest BCUT2D eigenvalue weighted by Crippen LogP contribution is 2.27. The smallest absolute Gasteiger partial charge is 0.0171 e.